The average molecular weight is 398 g/mol. The van der Waals surface area contributed by atoms with Gasteiger partial charge in [0.2, 0.25) is 5.91 Å². The zero-order chi connectivity index (χ0) is 20.9. The van der Waals surface area contributed by atoms with Crippen LogP contribution in [0.3, 0.4) is 0 Å². The lowest BCUT2D eigenvalue weighted by Gasteiger charge is -2.15. The van der Waals surface area contributed by atoms with E-state index in [1.807, 2.05) is 54.6 Å². The Labute approximate surface area is 172 Å². The summed E-state index contributed by atoms with van der Waals surface area (Å²) in [5, 5.41) is 5.61. The zero-order valence-corrected chi connectivity index (χ0v) is 17.0. The molecule has 0 aliphatic carbocycles. The Kier molecular flexibility index (Phi) is 9.72. The lowest BCUT2D eigenvalue weighted by Crippen LogP contribution is -2.36. The van der Waals surface area contributed by atoms with Crippen molar-refractivity contribution in [1.29, 1.82) is 0 Å². The Morgan fingerprint density at radius 1 is 1.03 bits per heavy atom. The molecule has 0 spiro atoms. The topological polar surface area (TPSA) is 93.5 Å². The van der Waals surface area contributed by atoms with Crippen LogP contribution in [0.4, 0.5) is 10.5 Å². The number of aryl methyl sites for hydroxylation is 1. The standard InChI is InChI=1S/C23H31N3O3/c1-2-3-12-19-13-7-8-15-21(19)26-22(27)20(24)14-9-16-25-23(28)29-17-18-10-5-4-6-11-18/h4-8,10-11,13,15,20H,2-3,9,12,14,16-17,24H2,1H3,(H,25,28)(H,26,27)/t20-/m0/s1. The van der Waals surface area contributed by atoms with Gasteiger partial charge in [0.05, 0.1) is 6.04 Å². The van der Waals surface area contributed by atoms with Crippen molar-refractivity contribution in [3.63, 3.8) is 0 Å². The smallest absolute Gasteiger partial charge is 0.407 e. The van der Waals surface area contributed by atoms with Crippen LogP contribution < -0.4 is 16.4 Å². The molecule has 2 aromatic rings. The molecule has 6 heteroatoms. The third-order valence-corrected chi connectivity index (χ3v) is 4.59. The second kappa shape index (κ2) is 12.6. The second-order valence-electron chi connectivity index (χ2n) is 6.99. The summed E-state index contributed by atoms with van der Waals surface area (Å²) in [7, 11) is 0. The van der Waals surface area contributed by atoms with E-state index in [9.17, 15) is 9.59 Å². The number of amides is 2. The van der Waals surface area contributed by atoms with Crippen LogP contribution >= 0.6 is 0 Å². The molecule has 0 saturated carbocycles. The molecular weight excluding hydrogens is 366 g/mol. The van der Waals surface area contributed by atoms with Gasteiger partial charge in [0.15, 0.2) is 0 Å². The first-order chi connectivity index (χ1) is 14.1. The summed E-state index contributed by atoms with van der Waals surface area (Å²) in [6, 6.07) is 16.7. The molecular formula is C23H31N3O3. The zero-order valence-electron chi connectivity index (χ0n) is 17.0. The molecule has 0 aliphatic rings. The predicted molar refractivity (Wildman–Crippen MR) is 116 cm³/mol. The minimum atomic E-state index is -0.628. The summed E-state index contributed by atoms with van der Waals surface area (Å²) in [6.07, 6.45) is 3.69. The maximum Gasteiger partial charge on any atom is 0.407 e. The van der Waals surface area contributed by atoms with Gasteiger partial charge in [0, 0.05) is 12.2 Å². The number of hydrogen-bond donors (Lipinski definition) is 3. The van der Waals surface area contributed by atoms with E-state index in [0.717, 1.165) is 36.1 Å². The van der Waals surface area contributed by atoms with E-state index >= 15 is 0 Å². The van der Waals surface area contributed by atoms with Crippen LogP contribution in [0.2, 0.25) is 0 Å². The number of carbonyl (C=O) groups excluding carboxylic acids is 2. The molecule has 156 valence electrons. The van der Waals surface area contributed by atoms with Gasteiger partial charge < -0.3 is 21.1 Å². The number of unbranched alkanes of at least 4 members (excludes halogenated alkanes) is 1. The summed E-state index contributed by atoms with van der Waals surface area (Å²) >= 11 is 0. The van der Waals surface area contributed by atoms with Crippen LogP contribution in [0.5, 0.6) is 0 Å². The summed E-state index contributed by atoms with van der Waals surface area (Å²) < 4.78 is 5.15. The Balaban J connectivity index is 1.66. The third kappa shape index (κ3) is 8.35. The van der Waals surface area contributed by atoms with Crippen LogP contribution in [0.15, 0.2) is 54.6 Å². The number of ether oxygens (including phenoxy) is 1. The van der Waals surface area contributed by atoms with Gasteiger partial charge in [-0.3, -0.25) is 4.79 Å². The van der Waals surface area contributed by atoms with Crippen molar-refractivity contribution in [2.75, 3.05) is 11.9 Å². The van der Waals surface area contributed by atoms with Crippen LogP contribution in [0.1, 0.15) is 43.7 Å². The molecule has 29 heavy (non-hydrogen) atoms. The molecule has 0 fully saturated rings. The normalized spacial score (nSPS) is 11.5. The maximum absolute atomic E-state index is 12.4. The first-order valence-electron chi connectivity index (χ1n) is 10.2. The highest BCUT2D eigenvalue weighted by molar-refractivity contribution is 5.95. The number of benzene rings is 2. The highest BCUT2D eigenvalue weighted by atomic mass is 16.5. The number of nitrogens with two attached hydrogens (primary N) is 1. The Bertz CT molecular complexity index is 765. The second-order valence-corrected chi connectivity index (χ2v) is 6.99. The van der Waals surface area contributed by atoms with E-state index in [2.05, 4.69) is 17.6 Å². The number of hydrogen-bond acceptors (Lipinski definition) is 4. The van der Waals surface area contributed by atoms with Gasteiger partial charge in [-0.25, -0.2) is 4.79 Å². The molecule has 0 radical (unpaired) electrons. The monoisotopic (exact) mass is 397 g/mol. The number of para-hydroxylation sites is 1. The maximum atomic E-state index is 12.4. The first-order valence-corrected chi connectivity index (χ1v) is 10.2. The van der Waals surface area contributed by atoms with E-state index < -0.39 is 12.1 Å². The van der Waals surface area contributed by atoms with Gasteiger partial charge in [-0.2, -0.15) is 0 Å². The molecule has 2 aromatic carbocycles. The highest BCUT2D eigenvalue weighted by Crippen LogP contribution is 2.18. The number of carbonyl (C=O) groups is 2. The van der Waals surface area contributed by atoms with E-state index in [-0.39, 0.29) is 12.5 Å². The van der Waals surface area contributed by atoms with Crippen molar-refractivity contribution in [2.45, 2.75) is 51.7 Å². The highest BCUT2D eigenvalue weighted by Gasteiger charge is 2.15. The van der Waals surface area contributed by atoms with Crippen LogP contribution in [-0.2, 0) is 22.6 Å². The van der Waals surface area contributed by atoms with Crippen molar-refractivity contribution in [2.24, 2.45) is 5.73 Å². The molecule has 0 aliphatic heterocycles. The molecule has 4 N–H and O–H groups in total. The van der Waals surface area contributed by atoms with Crippen molar-refractivity contribution in [3.8, 4) is 0 Å². The summed E-state index contributed by atoms with van der Waals surface area (Å²) in [6.45, 7) is 2.77. The molecule has 2 amide bonds. The van der Waals surface area contributed by atoms with Gasteiger partial charge in [-0.05, 0) is 42.9 Å². The van der Waals surface area contributed by atoms with E-state index in [0.29, 0.717) is 19.4 Å². The van der Waals surface area contributed by atoms with Crippen LogP contribution in [-0.4, -0.2) is 24.6 Å². The lowest BCUT2D eigenvalue weighted by molar-refractivity contribution is -0.117. The van der Waals surface area contributed by atoms with Crippen LogP contribution in [0.25, 0.3) is 0 Å². The Morgan fingerprint density at radius 3 is 2.52 bits per heavy atom. The Hall–Kier alpha value is -2.86. The van der Waals surface area contributed by atoms with Crippen LogP contribution in [0, 0.1) is 0 Å². The first kappa shape index (κ1) is 22.4. The number of rotatable bonds is 11. The minimum Gasteiger partial charge on any atom is -0.445 e. The molecule has 0 bridgehead atoms. The molecule has 6 nitrogen and oxygen atoms in total. The fourth-order valence-electron chi connectivity index (χ4n) is 2.87. The van der Waals surface area contributed by atoms with E-state index in [1.54, 1.807) is 0 Å². The molecule has 1 atom stereocenters. The third-order valence-electron chi connectivity index (χ3n) is 4.59. The minimum absolute atomic E-state index is 0.208. The SMILES string of the molecule is CCCCc1ccccc1NC(=O)[C@@H](N)CCCNC(=O)OCc1ccccc1. The number of anilines is 1. The van der Waals surface area contributed by atoms with E-state index in [1.165, 1.54) is 0 Å². The molecule has 0 saturated heterocycles. The predicted octanol–water partition coefficient (Wildman–Crippen LogP) is 4.00. The summed E-state index contributed by atoms with van der Waals surface area (Å²) in [5.74, 6) is -0.208. The Morgan fingerprint density at radius 2 is 1.76 bits per heavy atom. The van der Waals surface area contributed by atoms with Crippen molar-refractivity contribution >= 4 is 17.7 Å². The quantitative estimate of drug-likeness (QED) is 0.500. The van der Waals surface area contributed by atoms with Crippen molar-refractivity contribution < 1.29 is 14.3 Å². The van der Waals surface area contributed by atoms with E-state index in [4.69, 9.17) is 10.5 Å². The van der Waals surface area contributed by atoms with Gasteiger partial charge in [0.25, 0.3) is 0 Å². The number of alkyl carbamates (subject to hydrolysis) is 1. The fourth-order valence-corrected chi connectivity index (χ4v) is 2.87. The number of nitrogens with one attached hydrogen (secondary N) is 2. The molecule has 0 unspecified atom stereocenters. The van der Waals surface area contributed by atoms with Gasteiger partial charge >= 0.3 is 6.09 Å². The molecule has 2 rings (SSSR count). The average Bonchev–Trinajstić information content (AvgIpc) is 2.75. The molecule has 0 aromatic heterocycles. The largest absolute Gasteiger partial charge is 0.445 e. The summed E-state index contributed by atoms with van der Waals surface area (Å²) in [4.78, 5) is 24.1. The van der Waals surface area contributed by atoms with Gasteiger partial charge in [-0.15, -0.1) is 0 Å². The van der Waals surface area contributed by atoms with Crippen molar-refractivity contribution in [1.82, 2.24) is 5.32 Å². The lowest BCUT2D eigenvalue weighted by atomic mass is 10.1. The molecule has 0 heterocycles. The fraction of sp³-hybridized carbons (Fsp3) is 0.391. The van der Waals surface area contributed by atoms with Gasteiger partial charge in [-0.1, -0.05) is 61.9 Å². The van der Waals surface area contributed by atoms with Crippen molar-refractivity contribution in [3.05, 3.63) is 65.7 Å². The van der Waals surface area contributed by atoms with Gasteiger partial charge in [0.1, 0.15) is 6.61 Å². The summed E-state index contributed by atoms with van der Waals surface area (Å²) in [5.41, 5.74) is 8.89.